The lowest BCUT2D eigenvalue weighted by Gasteiger charge is -2.16. The van der Waals surface area contributed by atoms with Crippen LogP contribution < -0.4 is 20.2 Å². The van der Waals surface area contributed by atoms with Crippen LogP contribution in [-0.4, -0.2) is 37.8 Å². The van der Waals surface area contributed by atoms with Gasteiger partial charge in [-0.2, -0.15) is 14.4 Å². The fourth-order valence-electron chi connectivity index (χ4n) is 3.02. The molecule has 2 aromatic carbocycles. The second-order valence-corrected chi connectivity index (χ2v) is 10.1. The van der Waals surface area contributed by atoms with E-state index >= 15 is 0 Å². The molecule has 0 unspecified atom stereocenters. The zero-order valence-corrected chi connectivity index (χ0v) is 23.0. The Hall–Kier alpha value is -3.16. The quantitative estimate of drug-likeness (QED) is 0.172. The van der Waals surface area contributed by atoms with Crippen molar-refractivity contribution in [3.05, 3.63) is 74.2 Å². The molecule has 38 heavy (non-hydrogen) atoms. The second-order valence-electron chi connectivity index (χ2n) is 7.25. The minimum atomic E-state index is -0.805. The molecule has 3 amide bonds. The van der Waals surface area contributed by atoms with Gasteiger partial charge in [0.05, 0.1) is 27.8 Å². The van der Waals surface area contributed by atoms with Gasteiger partial charge in [0.2, 0.25) is 11.1 Å². The number of carbonyl (C=O) groups is 2. The molecule has 2 N–H and O–H groups in total. The second kappa shape index (κ2) is 12.1. The Morgan fingerprint density at radius 1 is 1.18 bits per heavy atom. The fraction of sp³-hybridized carbons (Fsp3) is 0.0870. The molecule has 1 aliphatic heterocycles. The molecule has 4 rings (SSSR count). The first-order valence-electron chi connectivity index (χ1n) is 10.6. The Balaban J connectivity index is 1.49. The summed E-state index contributed by atoms with van der Waals surface area (Å²) in [7, 11) is 0. The minimum absolute atomic E-state index is 0.117. The van der Waals surface area contributed by atoms with Gasteiger partial charge in [-0.1, -0.05) is 41.0 Å². The lowest BCUT2D eigenvalue weighted by atomic mass is 10.2. The van der Waals surface area contributed by atoms with Crippen LogP contribution in [0.3, 0.4) is 0 Å². The van der Waals surface area contributed by atoms with Crippen LogP contribution >= 0.6 is 58.8 Å². The number of thioether (sulfide) groups is 1. The molecule has 0 atom stereocenters. The van der Waals surface area contributed by atoms with E-state index in [1.807, 2.05) is 0 Å². The third-order valence-corrected chi connectivity index (χ3v) is 6.86. The first-order chi connectivity index (χ1) is 18.1. The summed E-state index contributed by atoms with van der Waals surface area (Å²) in [6, 6.07) is 8.56. The van der Waals surface area contributed by atoms with Gasteiger partial charge in [0.1, 0.15) is 0 Å². The summed E-state index contributed by atoms with van der Waals surface area (Å²) >= 11 is 23.8. The van der Waals surface area contributed by atoms with Crippen molar-refractivity contribution in [3.63, 3.8) is 0 Å². The fourth-order valence-corrected chi connectivity index (χ4v) is 4.63. The van der Waals surface area contributed by atoms with E-state index in [0.29, 0.717) is 16.3 Å². The number of hydrogen-bond donors (Lipinski definition) is 2. The smallest absolute Gasteiger partial charge is 0.338 e. The Kier molecular flexibility index (Phi) is 8.90. The maximum absolute atomic E-state index is 14.0. The predicted molar refractivity (Wildman–Crippen MR) is 148 cm³/mol. The Morgan fingerprint density at radius 2 is 1.97 bits per heavy atom. The SMILES string of the molecule is CCOc1cc(/C=C2/SC(=S)N(NC(=O)Nc3ccc(Cl)c(Cl)c3)C2=O)ccc1Oc1nc(Cl)ncc1F. The van der Waals surface area contributed by atoms with Crippen molar-refractivity contribution in [2.24, 2.45) is 0 Å². The number of urea groups is 1. The topological polar surface area (TPSA) is 106 Å². The highest BCUT2D eigenvalue weighted by Crippen LogP contribution is 2.36. The maximum atomic E-state index is 14.0. The van der Waals surface area contributed by atoms with E-state index in [4.69, 9.17) is 56.5 Å². The Labute approximate surface area is 240 Å². The third kappa shape index (κ3) is 6.63. The van der Waals surface area contributed by atoms with E-state index in [1.165, 1.54) is 18.2 Å². The van der Waals surface area contributed by atoms with Crippen LogP contribution in [0.2, 0.25) is 15.3 Å². The number of anilines is 1. The number of nitrogens with zero attached hydrogens (tertiary/aromatic N) is 3. The van der Waals surface area contributed by atoms with Crippen molar-refractivity contribution in [1.82, 2.24) is 20.4 Å². The maximum Gasteiger partial charge on any atom is 0.338 e. The van der Waals surface area contributed by atoms with Crippen molar-refractivity contribution in [1.29, 1.82) is 0 Å². The first-order valence-corrected chi connectivity index (χ1v) is 12.9. The summed E-state index contributed by atoms with van der Waals surface area (Å²) in [5.41, 5.74) is 3.33. The van der Waals surface area contributed by atoms with Crippen molar-refractivity contribution >= 4 is 86.8 Å². The third-order valence-electron chi connectivity index (χ3n) is 4.64. The van der Waals surface area contributed by atoms with Crippen LogP contribution in [0.4, 0.5) is 14.9 Å². The van der Waals surface area contributed by atoms with E-state index in [0.717, 1.165) is 23.0 Å². The monoisotopic (exact) mass is 613 g/mol. The summed E-state index contributed by atoms with van der Waals surface area (Å²) in [6.07, 6.45) is 2.45. The van der Waals surface area contributed by atoms with Crippen LogP contribution in [0.5, 0.6) is 17.4 Å². The van der Waals surface area contributed by atoms with Crippen LogP contribution in [0.1, 0.15) is 12.5 Å². The molecule has 15 heteroatoms. The number of aromatic nitrogens is 2. The van der Waals surface area contributed by atoms with Gasteiger partial charge in [0.25, 0.3) is 11.8 Å². The average molecular weight is 615 g/mol. The number of hydrogen-bond acceptors (Lipinski definition) is 8. The summed E-state index contributed by atoms with van der Waals surface area (Å²) in [4.78, 5) is 32.9. The van der Waals surface area contributed by atoms with Gasteiger partial charge in [-0.25, -0.2) is 15.2 Å². The Morgan fingerprint density at radius 3 is 2.71 bits per heavy atom. The molecule has 0 saturated carbocycles. The number of nitrogens with one attached hydrogen (secondary N) is 2. The molecule has 3 aromatic rings. The molecule has 9 nitrogen and oxygen atoms in total. The normalized spacial score (nSPS) is 14.1. The van der Waals surface area contributed by atoms with Crippen LogP contribution in [0.15, 0.2) is 47.5 Å². The zero-order valence-electron chi connectivity index (χ0n) is 19.1. The molecule has 0 aliphatic carbocycles. The van der Waals surface area contributed by atoms with E-state index in [9.17, 15) is 14.0 Å². The number of amides is 3. The van der Waals surface area contributed by atoms with Crippen molar-refractivity contribution in [2.75, 3.05) is 11.9 Å². The number of halogens is 4. The molecular formula is C23H15Cl3FN5O4S2. The van der Waals surface area contributed by atoms with Gasteiger partial charge in [-0.3, -0.25) is 4.79 Å². The highest BCUT2D eigenvalue weighted by atomic mass is 35.5. The highest BCUT2D eigenvalue weighted by molar-refractivity contribution is 8.26. The largest absolute Gasteiger partial charge is 0.490 e. The van der Waals surface area contributed by atoms with E-state index in [1.54, 1.807) is 31.2 Å². The number of ether oxygens (including phenoxy) is 2. The van der Waals surface area contributed by atoms with Gasteiger partial charge in [-0.05, 0) is 72.7 Å². The standard InChI is InChI=1S/C23H15Cl3FN5O4S2/c1-2-35-17-7-11(3-6-16(17)36-19-15(27)10-28-21(26)30-19)8-18-20(33)32(23(37)38-18)31-22(34)29-12-4-5-13(24)14(25)9-12/h3-10H,2H2,1H3,(H2,29,31,34)/b18-8+. The van der Waals surface area contributed by atoms with Crippen LogP contribution in [0.25, 0.3) is 6.08 Å². The molecule has 1 aliphatic rings. The van der Waals surface area contributed by atoms with E-state index in [2.05, 4.69) is 20.7 Å². The first kappa shape index (κ1) is 27.9. The summed E-state index contributed by atoms with van der Waals surface area (Å²) in [6.45, 7) is 2.05. The average Bonchev–Trinajstić information content (AvgIpc) is 3.12. The van der Waals surface area contributed by atoms with Gasteiger partial charge in [-0.15, -0.1) is 0 Å². The molecule has 0 bridgehead atoms. The number of hydrazine groups is 1. The molecule has 1 aromatic heterocycles. The Bertz CT molecular complexity index is 1480. The van der Waals surface area contributed by atoms with Crippen molar-refractivity contribution in [2.45, 2.75) is 6.92 Å². The number of benzene rings is 2. The number of thiocarbonyl (C=S) groups is 1. The van der Waals surface area contributed by atoms with Crippen LogP contribution in [-0.2, 0) is 4.79 Å². The number of rotatable bonds is 7. The summed E-state index contributed by atoms with van der Waals surface area (Å²) < 4.78 is 25.3. The molecular weight excluding hydrogens is 600 g/mol. The molecule has 0 spiro atoms. The van der Waals surface area contributed by atoms with E-state index in [-0.39, 0.29) is 43.5 Å². The molecule has 2 heterocycles. The van der Waals surface area contributed by atoms with Crippen molar-refractivity contribution in [3.8, 4) is 17.4 Å². The predicted octanol–water partition coefficient (Wildman–Crippen LogP) is 6.70. The minimum Gasteiger partial charge on any atom is -0.490 e. The molecule has 196 valence electrons. The van der Waals surface area contributed by atoms with Crippen LogP contribution in [0, 0.1) is 5.82 Å². The molecule has 0 radical (unpaired) electrons. The zero-order chi connectivity index (χ0) is 27.4. The lowest BCUT2D eigenvalue weighted by Crippen LogP contribution is -2.46. The van der Waals surface area contributed by atoms with Gasteiger partial charge < -0.3 is 14.8 Å². The van der Waals surface area contributed by atoms with E-state index < -0.39 is 17.8 Å². The van der Waals surface area contributed by atoms with Gasteiger partial charge in [0.15, 0.2) is 15.8 Å². The summed E-state index contributed by atoms with van der Waals surface area (Å²) in [5, 5.41) is 3.90. The molecule has 1 fully saturated rings. The number of carbonyl (C=O) groups excluding carboxylic acids is 2. The summed E-state index contributed by atoms with van der Waals surface area (Å²) in [5.74, 6) is -1.28. The highest BCUT2D eigenvalue weighted by Gasteiger charge is 2.33. The van der Waals surface area contributed by atoms with Crippen molar-refractivity contribution < 1.29 is 23.5 Å². The lowest BCUT2D eigenvalue weighted by molar-refractivity contribution is -0.123. The van der Waals surface area contributed by atoms with Gasteiger partial charge in [0, 0.05) is 5.69 Å². The molecule has 1 saturated heterocycles. The van der Waals surface area contributed by atoms with Gasteiger partial charge >= 0.3 is 6.03 Å².